The molecular weight excluding hydrogens is 420 g/mol. The van der Waals surface area contributed by atoms with Crippen molar-refractivity contribution in [2.24, 2.45) is 12.5 Å². The van der Waals surface area contributed by atoms with E-state index in [1.54, 1.807) is 4.57 Å². The molecule has 3 aromatic heterocycles. The van der Waals surface area contributed by atoms with Crippen LogP contribution in [-0.2, 0) is 13.6 Å². The highest BCUT2D eigenvalue weighted by molar-refractivity contribution is 7.20. The number of nitrogens with zero attached hydrogens (tertiary/aromatic N) is 4. The third kappa shape index (κ3) is 3.80. The minimum absolute atomic E-state index is 0.00460. The van der Waals surface area contributed by atoms with E-state index in [-0.39, 0.29) is 11.1 Å². The minimum Gasteiger partial charge on any atom is -0.412 e. The third-order valence-electron chi connectivity index (χ3n) is 5.26. The number of para-hydroxylation sites is 1. The van der Waals surface area contributed by atoms with Crippen LogP contribution in [0, 0.1) is 5.41 Å². The summed E-state index contributed by atoms with van der Waals surface area (Å²) in [5, 5.41) is 0.563. The summed E-state index contributed by atoms with van der Waals surface area (Å²) < 4.78 is 10.6. The van der Waals surface area contributed by atoms with E-state index >= 15 is 0 Å². The Labute approximate surface area is 189 Å². The molecule has 5 aromatic rings. The molecule has 0 saturated heterocycles. The normalized spacial score (nSPS) is 12.0. The van der Waals surface area contributed by atoms with Crippen molar-refractivity contribution in [3.63, 3.8) is 0 Å². The van der Waals surface area contributed by atoms with Gasteiger partial charge >= 0.3 is 5.69 Å². The summed E-state index contributed by atoms with van der Waals surface area (Å²) in [5.41, 5.74) is 4.43. The van der Waals surface area contributed by atoms with Gasteiger partial charge in [-0.3, -0.25) is 9.13 Å². The molecule has 6 nitrogen and oxygen atoms in total. The van der Waals surface area contributed by atoms with Crippen LogP contribution < -0.4 is 10.4 Å². The number of aryl methyl sites for hydroxylation is 1. The SMILES string of the molecule is Cn1c(=O)n(CC(C)(C)C)c2ccc(-c3cccc(Oc4nc5ccccc5s4)n3)cc21. The number of thiazole rings is 1. The maximum absolute atomic E-state index is 12.8. The molecule has 2 aromatic carbocycles. The van der Waals surface area contributed by atoms with Crippen LogP contribution in [0.4, 0.5) is 0 Å². The van der Waals surface area contributed by atoms with Crippen molar-refractivity contribution < 1.29 is 4.74 Å². The molecule has 0 aliphatic carbocycles. The first-order valence-corrected chi connectivity index (χ1v) is 11.3. The highest BCUT2D eigenvalue weighted by Crippen LogP contribution is 2.32. The number of ether oxygens (including phenoxy) is 1. The lowest BCUT2D eigenvalue weighted by atomic mass is 9.97. The average Bonchev–Trinajstić information content (AvgIpc) is 3.27. The summed E-state index contributed by atoms with van der Waals surface area (Å²) in [6, 6.07) is 19.6. The highest BCUT2D eigenvalue weighted by Gasteiger charge is 2.18. The standard InChI is InChI=1S/C25H24N4O2S/c1-25(2,3)15-29-19-13-12-16(14-20(19)28(4)24(29)30)17-9-7-11-22(26-17)31-23-27-18-8-5-6-10-21(18)32-23/h5-14H,15H2,1-4H3. The molecule has 0 unspecified atom stereocenters. The fraction of sp³-hybridized carbons (Fsp3) is 0.240. The van der Waals surface area contributed by atoms with Gasteiger partial charge in [-0.1, -0.05) is 56.4 Å². The fourth-order valence-electron chi connectivity index (χ4n) is 3.81. The fourth-order valence-corrected chi connectivity index (χ4v) is 4.63. The average molecular weight is 445 g/mol. The van der Waals surface area contributed by atoms with Gasteiger partial charge < -0.3 is 4.74 Å². The van der Waals surface area contributed by atoms with E-state index in [1.807, 2.05) is 72.3 Å². The predicted octanol–water partition coefficient (Wildman–Crippen LogP) is 5.85. The number of fused-ring (bicyclic) bond motifs is 2. The van der Waals surface area contributed by atoms with Crippen LogP contribution in [-0.4, -0.2) is 19.1 Å². The zero-order chi connectivity index (χ0) is 22.5. The minimum atomic E-state index is -0.00652. The van der Waals surface area contributed by atoms with Gasteiger partial charge in [0.2, 0.25) is 5.88 Å². The molecule has 3 heterocycles. The van der Waals surface area contributed by atoms with E-state index in [0.29, 0.717) is 17.6 Å². The Morgan fingerprint density at radius 2 is 1.78 bits per heavy atom. The predicted molar refractivity (Wildman–Crippen MR) is 130 cm³/mol. The van der Waals surface area contributed by atoms with Crippen molar-refractivity contribution in [3.05, 3.63) is 71.1 Å². The van der Waals surface area contributed by atoms with E-state index in [1.165, 1.54) is 11.3 Å². The molecule has 0 amide bonds. The van der Waals surface area contributed by atoms with E-state index in [2.05, 4.69) is 30.7 Å². The molecule has 0 radical (unpaired) electrons. The quantitative estimate of drug-likeness (QED) is 0.349. The summed E-state index contributed by atoms with van der Waals surface area (Å²) in [5.74, 6) is 0.487. The summed E-state index contributed by atoms with van der Waals surface area (Å²) >= 11 is 1.49. The van der Waals surface area contributed by atoms with Crippen LogP contribution in [0.3, 0.4) is 0 Å². The van der Waals surface area contributed by atoms with Crippen molar-refractivity contribution in [2.45, 2.75) is 27.3 Å². The van der Waals surface area contributed by atoms with Gasteiger partial charge in [0, 0.05) is 25.2 Å². The van der Waals surface area contributed by atoms with E-state index in [9.17, 15) is 4.79 Å². The first kappa shape index (κ1) is 20.5. The van der Waals surface area contributed by atoms with Gasteiger partial charge in [-0.2, -0.15) is 0 Å². The summed E-state index contributed by atoms with van der Waals surface area (Å²) in [6.45, 7) is 7.06. The Bertz CT molecular complexity index is 1470. The molecule has 5 rings (SSSR count). The molecule has 162 valence electrons. The third-order valence-corrected chi connectivity index (χ3v) is 6.18. The molecule has 0 fully saturated rings. The largest absolute Gasteiger partial charge is 0.412 e. The lowest BCUT2D eigenvalue weighted by Gasteiger charge is -2.18. The Morgan fingerprint density at radius 3 is 2.56 bits per heavy atom. The Hall–Kier alpha value is -3.45. The van der Waals surface area contributed by atoms with Crippen molar-refractivity contribution in [1.82, 2.24) is 19.1 Å². The van der Waals surface area contributed by atoms with E-state index < -0.39 is 0 Å². The first-order chi connectivity index (χ1) is 15.3. The molecule has 0 aliphatic rings. The number of rotatable bonds is 4. The van der Waals surface area contributed by atoms with Gasteiger partial charge in [0.25, 0.3) is 5.19 Å². The van der Waals surface area contributed by atoms with Gasteiger partial charge in [-0.25, -0.2) is 14.8 Å². The van der Waals surface area contributed by atoms with E-state index in [0.717, 1.165) is 32.5 Å². The van der Waals surface area contributed by atoms with Gasteiger partial charge in [0.15, 0.2) is 0 Å². The van der Waals surface area contributed by atoms with Crippen LogP contribution in [0.2, 0.25) is 0 Å². The van der Waals surface area contributed by atoms with Gasteiger partial charge in [0.1, 0.15) is 0 Å². The van der Waals surface area contributed by atoms with Crippen molar-refractivity contribution in [3.8, 4) is 22.3 Å². The van der Waals surface area contributed by atoms with Crippen LogP contribution in [0.5, 0.6) is 11.1 Å². The van der Waals surface area contributed by atoms with Gasteiger partial charge in [-0.05, 0) is 35.7 Å². The second kappa shape index (κ2) is 7.60. The maximum Gasteiger partial charge on any atom is 0.328 e. The van der Waals surface area contributed by atoms with E-state index in [4.69, 9.17) is 4.74 Å². The second-order valence-electron chi connectivity index (χ2n) is 9.10. The van der Waals surface area contributed by atoms with Crippen molar-refractivity contribution in [1.29, 1.82) is 0 Å². The number of hydrogen-bond acceptors (Lipinski definition) is 5. The molecular formula is C25H24N4O2S. The Kier molecular flexibility index (Phi) is 4.86. The van der Waals surface area contributed by atoms with Gasteiger partial charge in [-0.15, -0.1) is 0 Å². The van der Waals surface area contributed by atoms with Gasteiger partial charge in [0.05, 0.1) is 26.9 Å². The zero-order valence-corrected chi connectivity index (χ0v) is 19.3. The molecule has 7 heteroatoms. The lowest BCUT2D eigenvalue weighted by molar-refractivity contribution is 0.342. The maximum atomic E-state index is 12.8. The highest BCUT2D eigenvalue weighted by atomic mass is 32.1. The summed E-state index contributed by atoms with van der Waals surface area (Å²) in [6.07, 6.45) is 0. The zero-order valence-electron chi connectivity index (χ0n) is 18.5. The van der Waals surface area contributed by atoms with Crippen molar-refractivity contribution >= 4 is 32.6 Å². The Balaban J connectivity index is 1.50. The Morgan fingerprint density at radius 1 is 0.969 bits per heavy atom. The molecule has 0 N–H and O–H groups in total. The monoisotopic (exact) mass is 444 g/mol. The molecule has 0 bridgehead atoms. The molecule has 0 aliphatic heterocycles. The first-order valence-electron chi connectivity index (χ1n) is 10.5. The van der Waals surface area contributed by atoms with Crippen LogP contribution in [0.25, 0.3) is 32.5 Å². The second-order valence-corrected chi connectivity index (χ2v) is 10.1. The number of pyridine rings is 1. The molecule has 0 atom stereocenters. The molecule has 0 saturated carbocycles. The number of hydrogen-bond donors (Lipinski definition) is 0. The van der Waals surface area contributed by atoms with Crippen LogP contribution in [0.15, 0.2) is 65.5 Å². The number of benzene rings is 2. The number of imidazole rings is 1. The van der Waals surface area contributed by atoms with Crippen molar-refractivity contribution in [2.75, 3.05) is 0 Å². The van der Waals surface area contributed by atoms with Crippen LogP contribution >= 0.6 is 11.3 Å². The topological polar surface area (TPSA) is 61.9 Å². The van der Waals surface area contributed by atoms with Crippen LogP contribution in [0.1, 0.15) is 20.8 Å². The summed E-state index contributed by atoms with van der Waals surface area (Å²) in [7, 11) is 1.81. The molecule has 32 heavy (non-hydrogen) atoms. The lowest BCUT2D eigenvalue weighted by Crippen LogP contribution is -2.27. The molecule has 0 spiro atoms. The smallest absolute Gasteiger partial charge is 0.328 e. The number of aromatic nitrogens is 4. The summed E-state index contributed by atoms with van der Waals surface area (Å²) in [4.78, 5) is 22.0.